The second-order valence-corrected chi connectivity index (χ2v) is 4.47. The highest BCUT2D eigenvalue weighted by Gasteiger charge is 2.26. The molecule has 1 aliphatic rings. The molecule has 0 N–H and O–H groups in total. The zero-order valence-electron chi connectivity index (χ0n) is 9.71. The van der Waals surface area contributed by atoms with Gasteiger partial charge in [0.05, 0.1) is 16.9 Å². The van der Waals surface area contributed by atoms with Crippen LogP contribution in [0.2, 0.25) is 0 Å². The van der Waals surface area contributed by atoms with Crippen LogP contribution < -0.4 is 0 Å². The summed E-state index contributed by atoms with van der Waals surface area (Å²) in [6.07, 6.45) is 5.01. The van der Waals surface area contributed by atoms with Crippen LogP contribution in [0.3, 0.4) is 0 Å². The molecular formula is C14H11N3O. The Hall–Kier alpha value is -2.41. The first-order valence-electron chi connectivity index (χ1n) is 5.87. The van der Waals surface area contributed by atoms with E-state index >= 15 is 0 Å². The Morgan fingerprint density at radius 2 is 2.22 bits per heavy atom. The van der Waals surface area contributed by atoms with Crippen molar-refractivity contribution in [3.05, 3.63) is 47.3 Å². The van der Waals surface area contributed by atoms with Crippen LogP contribution >= 0.6 is 0 Å². The van der Waals surface area contributed by atoms with E-state index in [0.717, 1.165) is 17.7 Å². The highest BCUT2D eigenvalue weighted by Crippen LogP contribution is 2.39. The Morgan fingerprint density at radius 1 is 1.39 bits per heavy atom. The second-order valence-electron chi connectivity index (χ2n) is 4.47. The van der Waals surface area contributed by atoms with Gasteiger partial charge in [-0.25, -0.2) is 4.68 Å². The normalized spacial score (nSPS) is 14.2. The summed E-state index contributed by atoms with van der Waals surface area (Å²) in [5.74, 6) is 0.589. The van der Waals surface area contributed by atoms with E-state index in [1.165, 1.54) is 12.8 Å². The van der Waals surface area contributed by atoms with Crippen LogP contribution in [0, 0.1) is 11.3 Å². The predicted octanol–water partition coefficient (Wildman–Crippen LogP) is 2.43. The fourth-order valence-corrected chi connectivity index (χ4v) is 1.99. The predicted molar refractivity (Wildman–Crippen MR) is 65.6 cm³/mol. The summed E-state index contributed by atoms with van der Waals surface area (Å²) in [5, 5.41) is 13.6. The van der Waals surface area contributed by atoms with Gasteiger partial charge in [0.15, 0.2) is 0 Å². The van der Waals surface area contributed by atoms with Crippen LogP contribution in [0.5, 0.6) is 0 Å². The van der Waals surface area contributed by atoms with Crippen molar-refractivity contribution in [1.29, 1.82) is 5.26 Å². The largest absolute Gasteiger partial charge is 0.298 e. The Kier molecular flexibility index (Phi) is 2.45. The highest BCUT2D eigenvalue weighted by atomic mass is 16.1. The van der Waals surface area contributed by atoms with Gasteiger partial charge in [-0.2, -0.15) is 10.4 Å². The number of nitrogens with zero attached hydrogens (tertiary/aromatic N) is 3. The summed E-state index contributed by atoms with van der Waals surface area (Å²) < 4.78 is 1.71. The third-order valence-electron chi connectivity index (χ3n) is 3.13. The minimum Gasteiger partial charge on any atom is -0.298 e. The van der Waals surface area contributed by atoms with Crippen molar-refractivity contribution in [3.63, 3.8) is 0 Å². The molecule has 0 spiro atoms. The van der Waals surface area contributed by atoms with Gasteiger partial charge in [0.25, 0.3) is 0 Å². The van der Waals surface area contributed by atoms with Gasteiger partial charge in [-0.3, -0.25) is 4.79 Å². The zero-order valence-corrected chi connectivity index (χ0v) is 9.71. The third kappa shape index (κ3) is 1.80. The first-order chi connectivity index (χ1) is 8.81. The summed E-state index contributed by atoms with van der Waals surface area (Å²) in [6.45, 7) is 0. The number of carbonyl (C=O) groups excluding carboxylic acids is 1. The van der Waals surface area contributed by atoms with E-state index in [-0.39, 0.29) is 0 Å². The van der Waals surface area contributed by atoms with E-state index in [4.69, 9.17) is 5.26 Å². The summed E-state index contributed by atoms with van der Waals surface area (Å²) in [7, 11) is 0. The number of hydrogen-bond donors (Lipinski definition) is 0. The summed E-state index contributed by atoms with van der Waals surface area (Å²) in [6, 6.07) is 9.13. The van der Waals surface area contributed by atoms with Crippen molar-refractivity contribution in [2.24, 2.45) is 0 Å². The number of hydrogen-bond acceptors (Lipinski definition) is 3. The summed E-state index contributed by atoms with van der Waals surface area (Å²) in [4.78, 5) is 10.7. The maximum Gasteiger partial charge on any atom is 0.150 e. The highest BCUT2D eigenvalue weighted by molar-refractivity contribution is 5.76. The lowest BCUT2D eigenvalue weighted by Gasteiger charge is -2.04. The van der Waals surface area contributed by atoms with Crippen molar-refractivity contribution < 1.29 is 4.79 Å². The second kappa shape index (κ2) is 4.11. The molecule has 1 heterocycles. The van der Waals surface area contributed by atoms with Crippen molar-refractivity contribution in [3.8, 4) is 11.8 Å². The van der Waals surface area contributed by atoms with Crippen molar-refractivity contribution >= 4 is 6.29 Å². The van der Waals surface area contributed by atoms with Crippen LogP contribution in [-0.2, 0) is 0 Å². The molecule has 4 heteroatoms. The fraction of sp³-hybridized carbons (Fsp3) is 0.214. The maximum absolute atomic E-state index is 10.7. The van der Waals surface area contributed by atoms with Gasteiger partial charge in [-0.15, -0.1) is 0 Å². The molecule has 18 heavy (non-hydrogen) atoms. The Labute approximate surface area is 104 Å². The number of carbonyl (C=O) groups is 1. The standard InChI is InChI=1S/C14H11N3O/c15-8-12-7-10(9-18)1-4-14(12)17-6-5-13(16-17)11-2-3-11/h1,4-7,9,11H,2-3H2. The minimum absolute atomic E-state index is 0.463. The Balaban J connectivity index is 2.04. The molecule has 1 aromatic heterocycles. The maximum atomic E-state index is 10.7. The molecule has 0 unspecified atom stereocenters. The average molecular weight is 237 g/mol. The van der Waals surface area contributed by atoms with E-state index in [0.29, 0.717) is 17.0 Å². The van der Waals surface area contributed by atoms with Crippen molar-refractivity contribution in [1.82, 2.24) is 9.78 Å². The topological polar surface area (TPSA) is 58.7 Å². The smallest absolute Gasteiger partial charge is 0.150 e. The molecule has 1 aliphatic carbocycles. The van der Waals surface area contributed by atoms with Crippen LogP contribution in [0.1, 0.15) is 40.4 Å². The SMILES string of the molecule is N#Cc1cc(C=O)ccc1-n1ccc(C2CC2)n1. The van der Waals surface area contributed by atoms with E-state index in [1.54, 1.807) is 22.9 Å². The van der Waals surface area contributed by atoms with Gasteiger partial charge < -0.3 is 0 Å². The van der Waals surface area contributed by atoms with Crippen molar-refractivity contribution in [2.75, 3.05) is 0 Å². The molecule has 0 aliphatic heterocycles. The molecule has 0 saturated heterocycles. The quantitative estimate of drug-likeness (QED) is 0.770. The van der Waals surface area contributed by atoms with Crippen LogP contribution in [0.25, 0.3) is 5.69 Å². The molecule has 1 fully saturated rings. The van der Waals surface area contributed by atoms with Gasteiger partial charge in [0.2, 0.25) is 0 Å². The number of benzene rings is 1. The Bertz CT molecular complexity index is 647. The molecule has 0 radical (unpaired) electrons. The van der Waals surface area contributed by atoms with Gasteiger partial charge in [-0.1, -0.05) is 0 Å². The average Bonchev–Trinajstić information content (AvgIpc) is 3.16. The van der Waals surface area contributed by atoms with Gasteiger partial charge in [-0.05, 0) is 37.1 Å². The number of rotatable bonds is 3. The molecule has 0 atom stereocenters. The molecule has 2 aromatic rings. The Morgan fingerprint density at radius 3 is 2.89 bits per heavy atom. The monoisotopic (exact) mass is 237 g/mol. The van der Waals surface area contributed by atoms with E-state index in [1.807, 2.05) is 12.3 Å². The van der Waals surface area contributed by atoms with Gasteiger partial charge in [0.1, 0.15) is 12.4 Å². The van der Waals surface area contributed by atoms with E-state index < -0.39 is 0 Å². The van der Waals surface area contributed by atoms with E-state index in [2.05, 4.69) is 11.2 Å². The number of aldehydes is 1. The lowest BCUT2D eigenvalue weighted by atomic mass is 10.1. The van der Waals surface area contributed by atoms with Crippen LogP contribution in [-0.4, -0.2) is 16.1 Å². The number of aromatic nitrogens is 2. The van der Waals surface area contributed by atoms with Crippen LogP contribution in [0.15, 0.2) is 30.5 Å². The minimum atomic E-state index is 0.463. The summed E-state index contributed by atoms with van der Waals surface area (Å²) >= 11 is 0. The zero-order chi connectivity index (χ0) is 12.5. The first-order valence-corrected chi connectivity index (χ1v) is 5.87. The molecule has 3 rings (SSSR count). The van der Waals surface area contributed by atoms with Crippen molar-refractivity contribution in [2.45, 2.75) is 18.8 Å². The molecule has 88 valence electrons. The van der Waals surface area contributed by atoms with Crippen LogP contribution in [0.4, 0.5) is 0 Å². The molecule has 1 saturated carbocycles. The fourth-order valence-electron chi connectivity index (χ4n) is 1.99. The molecule has 0 amide bonds. The number of nitriles is 1. The van der Waals surface area contributed by atoms with Gasteiger partial charge in [0, 0.05) is 17.7 Å². The molecule has 4 nitrogen and oxygen atoms in total. The van der Waals surface area contributed by atoms with Gasteiger partial charge >= 0.3 is 0 Å². The van der Waals surface area contributed by atoms with E-state index in [9.17, 15) is 4.79 Å². The third-order valence-corrected chi connectivity index (χ3v) is 3.13. The lowest BCUT2D eigenvalue weighted by Crippen LogP contribution is -2.00. The molecule has 0 bridgehead atoms. The molecular weight excluding hydrogens is 226 g/mol. The summed E-state index contributed by atoms with van der Waals surface area (Å²) in [5.41, 5.74) is 2.77. The molecule has 1 aromatic carbocycles. The lowest BCUT2D eigenvalue weighted by molar-refractivity contribution is 0.112. The first kappa shape index (κ1) is 10.7.